The quantitative estimate of drug-likeness (QED) is 0.287. The first-order chi connectivity index (χ1) is 16.7. The molecule has 3 aliphatic rings. The van der Waals surface area contributed by atoms with E-state index in [0.717, 1.165) is 33.6 Å². The molecule has 5 unspecified atom stereocenters. The van der Waals surface area contributed by atoms with E-state index in [4.69, 9.17) is 16.0 Å². The average molecular weight is 506 g/mol. The first-order valence-electron chi connectivity index (χ1n) is 12.0. The summed E-state index contributed by atoms with van der Waals surface area (Å²) in [7, 11) is 0. The fraction of sp³-hybridized carbons (Fsp3) is 0.321. The van der Waals surface area contributed by atoms with Crippen LogP contribution < -0.4 is 4.87 Å². The van der Waals surface area contributed by atoms with Crippen molar-refractivity contribution in [2.45, 2.75) is 42.0 Å². The standard InChI is InChI=1S/C28H24ClNO2S2/c29-20-9-5-4-8-19(20)21-12-13-22(32-21)24-23-17-10-11-18(14-17)25(23)33-27-26(24)34-28(31)30(27)15-16-6-2-1-3-7-16/h1-9,12-13,17-18,23-25H,10-11,14-15H2. The summed E-state index contributed by atoms with van der Waals surface area (Å²) in [5.74, 6) is 3.92. The smallest absolute Gasteiger partial charge is 0.308 e. The molecule has 34 heavy (non-hydrogen) atoms. The first kappa shape index (κ1) is 21.1. The van der Waals surface area contributed by atoms with E-state index in [2.05, 4.69) is 18.2 Å². The van der Waals surface area contributed by atoms with Crippen LogP contribution in [0, 0.1) is 17.8 Å². The number of fused-ring (bicyclic) bond motifs is 6. The molecule has 4 aromatic rings. The molecule has 0 spiro atoms. The summed E-state index contributed by atoms with van der Waals surface area (Å²) in [5.41, 5.74) is 2.08. The number of benzene rings is 2. The molecule has 7 rings (SSSR count). The predicted octanol–water partition coefficient (Wildman–Crippen LogP) is 7.52. The third-order valence-corrected chi connectivity index (χ3v) is 11.1. The van der Waals surface area contributed by atoms with Gasteiger partial charge in [0.2, 0.25) is 0 Å². The zero-order valence-electron chi connectivity index (χ0n) is 18.5. The number of hydrogen-bond acceptors (Lipinski definition) is 4. The Morgan fingerprint density at radius 1 is 0.971 bits per heavy atom. The number of thioether (sulfide) groups is 1. The molecule has 6 heteroatoms. The van der Waals surface area contributed by atoms with Crippen molar-refractivity contribution in [2.24, 2.45) is 17.8 Å². The Kier molecular flexibility index (Phi) is 5.08. The second-order valence-corrected chi connectivity index (χ2v) is 12.3. The highest BCUT2D eigenvalue weighted by Crippen LogP contribution is 2.64. The lowest BCUT2D eigenvalue weighted by Crippen LogP contribution is -2.34. The lowest BCUT2D eigenvalue weighted by Gasteiger charge is -2.39. The number of hydrogen-bond donors (Lipinski definition) is 0. The maximum atomic E-state index is 13.3. The van der Waals surface area contributed by atoms with Gasteiger partial charge in [-0.2, -0.15) is 0 Å². The molecule has 2 saturated carbocycles. The number of nitrogens with zero attached hydrogens (tertiary/aromatic N) is 1. The number of furan rings is 1. The summed E-state index contributed by atoms with van der Waals surface area (Å²) in [5, 5.41) is 2.41. The molecule has 0 radical (unpaired) electrons. The molecule has 2 aromatic heterocycles. The molecular weight excluding hydrogens is 482 g/mol. The molecule has 1 aliphatic heterocycles. The molecule has 2 fully saturated rings. The van der Waals surface area contributed by atoms with Crippen molar-refractivity contribution < 1.29 is 4.42 Å². The van der Waals surface area contributed by atoms with Crippen LogP contribution >= 0.6 is 34.7 Å². The molecule has 2 aliphatic carbocycles. The Morgan fingerprint density at radius 3 is 2.62 bits per heavy atom. The van der Waals surface area contributed by atoms with Gasteiger partial charge in [0.05, 0.1) is 27.4 Å². The molecule has 0 saturated heterocycles. The van der Waals surface area contributed by atoms with Crippen LogP contribution in [0.25, 0.3) is 11.3 Å². The van der Waals surface area contributed by atoms with E-state index < -0.39 is 0 Å². The van der Waals surface area contributed by atoms with Crippen molar-refractivity contribution in [3.05, 3.63) is 97.6 Å². The SMILES string of the molecule is O=c1sc2c(n1Cc1ccccc1)SC1C3CCC(C3)C1C2c1ccc(-c2ccccc2Cl)o1. The van der Waals surface area contributed by atoms with E-state index in [1.54, 1.807) is 0 Å². The summed E-state index contributed by atoms with van der Waals surface area (Å²) in [6.07, 6.45) is 3.93. The van der Waals surface area contributed by atoms with Crippen molar-refractivity contribution >= 4 is 34.7 Å². The van der Waals surface area contributed by atoms with Crippen molar-refractivity contribution in [2.75, 3.05) is 0 Å². The van der Waals surface area contributed by atoms with Crippen molar-refractivity contribution in [1.82, 2.24) is 4.57 Å². The highest BCUT2D eigenvalue weighted by molar-refractivity contribution is 8.00. The van der Waals surface area contributed by atoms with Crippen LogP contribution in [0.3, 0.4) is 0 Å². The topological polar surface area (TPSA) is 35.1 Å². The Hall–Kier alpha value is -2.21. The summed E-state index contributed by atoms with van der Waals surface area (Å²) < 4.78 is 8.54. The summed E-state index contributed by atoms with van der Waals surface area (Å²) in [4.78, 5) is 14.6. The number of thiazole rings is 1. The molecule has 2 aromatic carbocycles. The van der Waals surface area contributed by atoms with Crippen LogP contribution in [-0.4, -0.2) is 9.82 Å². The van der Waals surface area contributed by atoms with Gasteiger partial charge in [-0.25, -0.2) is 0 Å². The minimum Gasteiger partial charge on any atom is -0.460 e. The Balaban J connectivity index is 1.35. The Morgan fingerprint density at radius 2 is 1.76 bits per heavy atom. The summed E-state index contributed by atoms with van der Waals surface area (Å²) >= 11 is 9.87. The van der Waals surface area contributed by atoms with Crippen molar-refractivity contribution in [3.63, 3.8) is 0 Å². The molecule has 0 amide bonds. The normalized spacial score (nSPS) is 27.0. The highest BCUT2D eigenvalue weighted by Gasteiger charge is 2.56. The minimum atomic E-state index is 0.136. The maximum Gasteiger partial charge on any atom is 0.308 e. The van der Waals surface area contributed by atoms with E-state index >= 15 is 0 Å². The van der Waals surface area contributed by atoms with Gasteiger partial charge in [-0.05, 0) is 66.8 Å². The highest BCUT2D eigenvalue weighted by atomic mass is 35.5. The van der Waals surface area contributed by atoms with Gasteiger partial charge in [-0.3, -0.25) is 9.36 Å². The second-order valence-electron chi connectivity index (χ2n) is 9.76. The molecule has 3 heterocycles. The molecular formula is C28H24ClNO2S2. The third-order valence-electron chi connectivity index (χ3n) is 7.95. The van der Waals surface area contributed by atoms with Gasteiger partial charge in [0.15, 0.2) is 0 Å². The van der Waals surface area contributed by atoms with Gasteiger partial charge < -0.3 is 4.42 Å². The van der Waals surface area contributed by atoms with Crippen LogP contribution in [0.1, 0.15) is 41.4 Å². The van der Waals surface area contributed by atoms with E-state index in [9.17, 15) is 4.79 Å². The maximum absolute atomic E-state index is 13.3. The largest absolute Gasteiger partial charge is 0.460 e. The fourth-order valence-electron chi connectivity index (χ4n) is 6.50. The van der Waals surface area contributed by atoms with Crippen molar-refractivity contribution in [1.29, 1.82) is 0 Å². The van der Waals surface area contributed by atoms with Crippen LogP contribution in [0.15, 0.2) is 81.0 Å². The minimum absolute atomic E-state index is 0.136. The summed E-state index contributed by atoms with van der Waals surface area (Å²) in [6, 6.07) is 22.3. The molecule has 3 nitrogen and oxygen atoms in total. The van der Waals surface area contributed by atoms with Gasteiger partial charge in [0.25, 0.3) is 0 Å². The van der Waals surface area contributed by atoms with E-state index in [1.807, 2.05) is 64.9 Å². The zero-order chi connectivity index (χ0) is 22.8. The zero-order valence-corrected chi connectivity index (χ0v) is 20.9. The van der Waals surface area contributed by atoms with E-state index in [-0.39, 0.29) is 10.8 Å². The second kappa shape index (κ2) is 8.18. The first-order valence-corrected chi connectivity index (χ1v) is 14.0. The average Bonchev–Trinajstić information content (AvgIpc) is 3.64. The number of aromatic nitrogens is 1. The Bertz CT molecular complexity index is 1420. The number of halogens is 1. The van der Waals surface area contributed by atoms with Gasteiger partial charge in [-0.1, -0.05) is 65.4 Å². The lowest BCUT2D eigenvalue weighted by molar-refractivity contribution is 0.283. The molecule has 172 valence electrons. The Labute approximate surface area is 211 Å². The van der Waals surface area contributed by atoms with E-state index in [1.165, 1.54) is 35.5 Å². The van der Waals surface area contributed by atoms with E-state index in [0.29, 0.717) is 28.7 Å². The van der Waals surface area contributed by atoms with Crippen LogP contribution in [0.5, 0.6) is 0 Å². The molecule has 0 N–H and O–H groups in total. The van der Waals surface area contributed by atoms with Crippen LogP contribution in [0.2, 0.25) is 5.02 Å². The van der Waals surface area contributed by atoms with Gasteiger partial charge >= 0.3 is 4.87 Å². The van der Waals surface area contributed by atoms with Gasteiger partial charge in [-0.15, -0.1) is 11.8 Å². The van der Waals surface area contributed by atoms with Crippen LogP contribution in [-0.2, 0) is 6.54 Å². The molecule has 5 atom stereocenters. The van der Waals surface area contributed by atoms with Gasteiger partial charge in [0.1, 0.15) is 11.5 Å². The monoisotopic (exact) mass is 505 g/mol. The predicted molar refractivity (Wildman–Crippen MR) is 139 cm³/mol. The number of rotatable bonds is 4. The van der Waals surface area contributed by atoms with Crippen LogP contribution in [0.4, 0.5) is 0 Å². The van der Waals surface area contributed by atoms with Gasteiger partial charge in [0, 0.05) is 10.8 Å². The molecule has 2 bridgehead atoms. The lowest BCUT2D eigenvalue weighted by atomic mass is 9.77. The fourth-order valence-corrected chi connectivity index (χ4v) is 9.86. The third kappa shape index (κ3) is 3.28. The summed E-state index contributed by atoms with van der Waals surface area (Å²) in [6.45, 7) is 0.625. The van der Waals surface area contributed by atoms with Crippen molar-refractivity contribution in [3.8, 4) is 11.3 Å².